The molecule has 3 aromatic carbocycles. The molecule has 0 saturated carbocycles. The van der Waals surface area contributed by atoms with Crippen molar-refractivity contribution in [3.63, 3.8) is 0 Å². The molecule has 2 aliphatic heterocycles. The van der Waals surface area contributed by atoms with E-state index >= 15 is 0 Å². The topological polar surface area (TPSA) is 97.1 Å². The molecule has 8 nitrogen and oxygen atoms in total. The zero-order valence-electron chi connectivity index (χ0n) is 22.6. The molecule has 2 fully saturated rings. The number of hydrogen-bond donors (Lipinski definition) is 0. The van der Waals surface area contributed by atoms with E-state index in [1.54, 1.807) is 61.7 Å². The molecule has 0 radical (unpaired) electrons. The van der Waals surface area contributed by atoms with Crippen LogP contribution in [0.25, 0.3) is 11.0 Å². The number of benzene rings is 3. The largest absolute Gasteiger partial charge is 0.493 e. The van der Waals surface area contributed by atoms with Crippen LogP contribution >= 0.6 is 0 Å². The predicted octanol–water partition coefficient (Wildman–Crippen LogP) is 4.99. The molecular formula is C33H28N2O6. The van der Waals surface area contributed by atoms with Gasteiger partial charge in [-0.1, -0.05) is 36.4 Å². The molecule has 0 bridgehead atoms. The predicted molar refractivity (Wildman–Crippen MR) is 151 cm³/mol. The summed E-state index contributed by atoms with van der Waals surface area (Å²) in [5.41, 5.74) is 2.31. The molecule has 206 valence electrons. The fourth-order valence-electron chi connectivity index (χ4n) is 6.57. The van der Waals surface area contributed by atoms with Gasteiger partial charge in [0.15, 0.2) is 28.7 Å². The fourth-order valence-corrected chi connectivity index (χ4v) is 6.57. The highest BCUT2D eigenvalue weighted by atomic mass is 16.5. The minimum Gasteiger partial charge on any atom is -0.493 e. The van der Waals surface area contributed by atoms with Gasteiger partial charge in [0, 0.05) is 59.4 Å². The maximum absolute atomic E-state index is 13.5. The zero-order chi connectivity index (χ0) is 28.3. The van der Waals surface area contributed by atoms with Crippen molar-refractivity contribution in [2.24, 2.45) is 5.41 Å². The van der Waals surface area contributed by atoms with Crippen LogP contribution in [-0.2, 0) is 0 Å². The van der Waals surface area contributed by atoms with Gasteiger partial charge < -0.3 is 19.0 Å². The molecule has 2 amide bonds. The Labute approximate surface area is 236 Å². The number of likely N-dealkylation sites (tertiary alicyclic amines) is 2. The number of para-hydroxylation sites is 1. The number of amides is 2. The molecule has 7 rings (SSSR count). The van der Waals surface area contributed by atoms with Gasteiger partial charge in [0.05, 0.1) is 7.11 Å². The van der Waals surface area contributed by atoms with Crippen LogP contribution in [0.1, 0.15) is 72.0 Å². The molecule has 0 unspecified atom stereocenters. The number of ketones is 2. The third kappa shape index (κ3) is 4.05. The van der Waals surface area contributed by atoms with Crippen LogP contribution in [0.4, 0.5) is 0 Å². The number of nitrogens with zero attached hydrogens (tertiary/aromatic N) is 2. The molecule has 3 aliphatic rings. The Morgan fingerprint density at radius 1 is 0.756 bits per heavy atom. The summed E-state index contributed by atoms with van der Waals surface area (Å²) < 4.78 is 11.2. The average Bonchev–Trinajstić information content (AvgIpc) is 3.64. The van der Waals surface area contributed by atoms with E-state index < -0.39 is 0 Å². The number of fused-ring (bicyclic) bond motifs is 3. The summed E-state index contributed by atoms with van der Waals surface area (Å²) >= 11 is 0. The number of piperidine rings is 1. The Morgan fingerprint density at radius 2 is 1.41 bits per heavy atom. The van der Waals surface area contributed by atoms with Gasteiger partial charge in [-0.05, 0) is 55.0 Å². The summed E-state index contributed by atoms with van der Waals surface area (Å²) in [6.07, 6.45) is 2.44. The van der Waals surface area contributed by atoms with Crippen LogP contribution in [0.5, 0.6) is 5.75 Å². The Morgan fingerprint density at radius 3 is 2.12 bits per heavy atom. The minimum absolute atomic E-state index is 0.0531. The van der Waals surface area contributed by atoms with E-state index in [2.05, 4.69) is 0 Å². The number of ether oxygens (including phenoxy) is 1. The number of rotatable bonds is 3. The van der Waals surface area contributed by atoms with Crippen LogP contribution in [0.2, 0.25) is 0 Å². The molecule has 4 aromatic rings. The third-order valence-electron chi connectivity index (χ3n) is 8.95. The summed E-state index contributed by atoms with van der Waals surface area (Å²) in [5.74, 6) is 0.179. The number of carbonyl (C=O) groups excluding carboxylic acids is 4. The van der Waals surface area contributed by atoms with Crippen molar-refractivity contribution >= 4 is 34.4 Å². The first-order valence-corrected chi connectivity index (χ1v) is 13.9. The molecule has 1 spiro atoms. The van der Waals surface area contributed by atoms with Crippen molar-refractivity contribution in [2.75, 3.05) is 33.3 Å². The lowest BCUT2D eigenvalue weighted by atomic mass is 9.77. The van der Waals surface area contributed by atoms with Crippen molar-refractivity contribution in [3.05, 3.63) is 100 Å². The van der Waals surface area contributed by atoms with Crippen LogP contribution < -0.4 is 4.74 Å². The molecule has 3 heterocycles. The van der Waals surface area contributed by atoms with Crippen molar-refractivity contribution in [1.29, 1.82) is 0 Å². The van der Waals surface area contributed by atoms with E-state index in [4.69, 9.17) is 9.15 Å². The Kier molecular flexibility index (Phi) is 5.81. The number of carbonyl (C=O) groups is 4. The molecule has 2 saturated heterocycles. The second kappa shape index (κ2) is 9.44. The van der Waals surface area contributed by atoms with Crippen LogP contribution in [0.15, 0.2) is 71.1 Å². The summed E-state index contributed by atoms with van der Waals surface area (Å²) in [4.78, 5) is 56.5. The Hall–Kier alpha value is -4.72. The number of hydrogen-bond acceptors (Lipinski definition) is 6. The Balaban J connectivity index is 1.03. The van der Waals surface area contributed by atoms with Crippen molar-refractivity contribution in [3.8, 4) is 5.75 Å². The van der Waals surface area contributed by atoms with Crippen molar-refractivity contribution in [2.45, 2.75) is 19.3 Å². The molecule has 0 N–H and O–H groups in total. The van der Waals surface area contributed by atoms with E-state index in [-0.39, 0.29) is 34.4 Å². The van der Waals surface area contributed by atoms with Gasteiger partial charge in [0.2, 0.25) is 0 Å². The van der Waals surface area contributed by atoms with E-state index in [1.165, 1.54) is 0 Å². The summed E-state index contributed by atoms with van der Waals surface area (Å²) in [7, 11) is 1.57. The first-order chi connectivity index (χ1) is 19.9. The van der Waals surface area contributed by atoms with Gasteiger partial charge in [-0.3, -0.25) is 19.2 Å². The minimum atomic E-state index is -0.234. The monoisotopic (exact) mass is 548 g/mol. The maximum atomic E-state index is 13.5. The van der Waals surface area contributed by atoms with Crippen molar-refractivity contribution < 1.29 is 28.3 Å². The zero-order valence-corrected chi connectivity index (χ0v) is 22.6. The lowest BCUT2D eigenvalue weighted by molar-refractivity contribution is 0.0542. The van der Waals surface area contributed by atoms with Crippen LogP contribution in [0.3, 0.4) is 0 Å². The molecule has 1 aliphatic carbocycles. The molecular weight excluding hydrogens is 520 g/mol. The van der Waals surface area contributed by atoms with E-state index in [0.717, 1.165) is 24.6 Å². The summed E-state index contributed by atoms with van der Waals surface area (Å²) in [6.45, 7) is 2.39. The van der Waals surface area contributed by atoms with Crippen molar-refractivity contribution in [1.82, 2.24) is 9.80 Å². The maximum Gasteiger partial charge on any atom is 0.289 e. The molecule has 41 heavy (non-hydrogen) atoms. The quantitative estimate of drug-likeness (QED) is 0.315. The second-order valence-corrected chi connectivity index (χ2v) is 11.2. The molecule has 0 atom stereocenters. The smallest absolute Gasteiger partial charge is 0.289 e. The van der Waals surface area contributed by atoms with Gasteiger partial charge in [-0.25, -0.2) is 0 Å². The Bertz CT molecular complexity index is 1760. The first kappa shape index (κ1) is 25.3. The van der Waals surface area contributed by atoms with Crippen LogP contribution in [-0.4, -0.2) is 66.5 Å². The second-order valence-electron chi connectivity index (χ2n) is 11.2. The molecule has 1 aromatic heterocycles. The van der Waals surface area contributed by atoms with E-state index in [1.807, 2.05) is 21.9 Å². The fraction of sp³-hybridized carbons (Fsp3) is 0.273. The molecule has 8 heteroatoms. The SMILES string of the molecule is COc1cccc2cc(C(=O)N3CCC4(CCN(C(=O)c5ccc6c(c5)C(=O)c5ccccc5C6=O)C4)CC3)oc12. The number of methoxy groups -OCH3 is 1. The summed E-state index contributed by atoms with van der Waals surface area (Å²) in [6, 6.07) is 18.9. The highest BCUT2D eigenvalue weighted by molar-refractivity contribution is 6.28. The summed E-state index contributed by atoms with van der Waals surface area (Å²) in [5, 5.41) is 0.823. The lowest BCUT2D eigenvalue weighted by Gasteiger charge is -2.39. The lowest BCUT2D eigenvalue weighted by Crippen LogP contribution is -2.44. The normalized spacial score (nSPS) is 17.6. The van der Waals surface area contributed by atoms with Gasteiger partial charge in [0.1, 0.15) is 0 Å². The van der Waals surface area contributed by atoms with Gasteiger partial charge in [0.25, 0.3) is 11.8 Å². The number of furan rings is 1. The van der Waals surface area contributed by atoms with Gasteiger partial charge in [-0.2, -0.15) is 0 Å². The highest BCUT2D eigenvalue weighted by Crippen LogP contribution is 2.41. The highest BCUT2D eigenvalue weighted by Gasteiger charge is 2.43. The van der Waals surface area contributed by atoms with E-state index in [0.29, 0.717) is 65.5 Å². The standard InChI is InChI=1S/C33H28N2O6/c1-40-26-8-4-5-20-18-27(41-30(20)26)32(39)34-14-11-33(12-15-34)13-16-35(19-33)31(38)21-9-10-24-25(17-21)29(37)23-7-3-2-6-22(23)28(24)36/h2-10,17-18H,11-16,19H2,1H3. The van der Waals surface area contributed by atoms with Gasteiger partial charge in [-0.15, -0.1) is 0 Å². The third-order valence-corrected chi connectivity index (χ3v) is 8.95. The van der Waals surface area contributed by atoms with Crippen LogP contribution in [0, 0.1) is 5.41 Å². The average molecular weight is 549 g/mol. The first-order valence-electron chi connectivity index (χ1n) is 13.9. The van der Waals surface area contributed by atoms with E-state index in [9.17, 15) is 19.2 Å². The van der Waals surface area contributed by atoms with Gasteiger partial charge >= 0.3 is 0 Å².